The molecule has 3 fully saturated rings. The standard InChI is InChI=1S/C15H22N4O3S/c20-23(21,12-2-3-12)19-10-11-22-14-5-9-18(8-4-13(14)19)15-16-6-1-7-17-15/h1,6-7,12-14H,2-5,8-11H2/t13-,14+/m0/s1. The number of fused-ring (bicyclic) bond motifs is 1. The number of sulfonamides is 1. The molecular weight excluding hydrogens is 316 g/mol. The number of hydrogen-bond acceptors (Lipinski definition) is 6. The van der Waals surface area contributed by atoms with Crippen LogP contribution in [0, 0.1) is 0 Å². The second kappa shape index (κ2) is 5.99. The zero-order valence-electron chi connectivity index (χ0n) is 13.0. The molecule has 1 saturated carbocycles. The molecule has 0 bridgehead atoms. The van der Waals surface area contributed by atoms with Crippen molar-refractivity contribution in [2.45, 2.75) is 43.1 Å². The third-order valence-electron chi connectivity index (χ3n) is 4.93. The van der Waals surface area contributed by atoms with Crippen molar-refractivity contribution in [2.75, 3.05) is 31.1 Å². The third kappa shape index (κ3) is 2.95. The minimum atomic E-state index is -3.15. The first-order valence-electron chi connectivity index (χ1n) is 8.30. The van der Waals surface area contributed by atoms with Gasteiger partial charge in [-0.1, -0.05) is 0 Å². The molecule has 1 aromatic heterocycles. The van der Waals surface area contributed by atoms with Crippen LogP contribution in [-0.2, 0) is 14.8 Å². The van der Waals surface area contributed by atoms with E-state index in [4.69, 9.17) is 4.74 Å². The monoisotopic (exact) mass is 338 g/mol. The normalized spacial score (nSPS) is 29.8. The van der Waals surface area contributed by atoms with Crippen molar-refractivity contribution >= 4 is 16.0 Å². The zero-order chi connectivity index (χ0) is 15.9. The smallest absolute Gasteiger partial charge is 0.225 e. The highest BCUT2D eigenvalue weighted by Gasteiger charge is 2.46. The summed E-state index contributed by atoms with van der Waals surface area (Å²) in [6.45, 7) is 2.53. The van der Waals surface area contributed by atoms with E-state index in [0.717, 1.165) is 38.8 Å². The SMILES string of the molecule is O=S(=O)(C1CC1)N1CCO[C@@H]2CCN(c3ncccn3)CC[C@@H]21. The fraction of sp³-hybridized carbons (Fsp3) is 0.733. The van der Waals surface area contributed by atoms with Crippen LogP contribution in [0.1, 0.15) is 25.7 Å². The van der Waals surface area contributed by atoms with Gasteiger partial charge in [-0.2, -0.15) is 4.31 Å². The van der Waals surface area contributed by atoms with Gasteiger partial charge in [0.2, 0.25) is 16.0 Å². The van der Waals surface area contributed by atoms with E-state index >= 15 is 0 Å². The summed E-state index contributed by atoms with van der Waals surface area (Å²) in [5.74, 6) is 0.711. The highest BCUT2D eigenvalue weighted by Crippen LogP contribution is 2.35. The van der Waals surface area contributed by atoms with Crippen molar-refractivity contribution in [2.24, 2.45) is 0 Å². The van der Waals surface area contributed by atoms with Gasteiger partial charge in [-0.15, -0.1) is 0 Å². The van der Waals surface area contributed by atoms with Gasteiger partial charge in [-0.3, -0.25) is 0 Å². The quantitative estimate of drug-likeness (QED) is 0.805. The van der Waals surface area contributed by atoms with E-state index in [0.29, 0.717) is 19.1 Å². The van der Waals surface area contributed by atoms with Crippen molar-refractivity contribution in [3.05, 3.63) is 18.5 Å². The molecule has 0 N–H and O–H groups in total. The number of aromatic nitrogens is 2. The molecule has 2 aliphatic heterocycles. The molecule has 2 atom stereocenters. The molecular formula is C15H22N4O3S. The molecule has 0 amide bonds. The van der Waals surface area contributed by atoms with E-state index in [-0.39, 0.29) is 17.4 Å². The molecule has 3 heterocycles. The Bertz CT molecular complexity index is 650. The van der Waals surface area contributed by atoms with E-state index < -0.39 is 10.0 Å². The summed E-state index contributed by atoms with van der Waals surface area (Å²) in [5, 5.41) is -0.155. The van der Waals surface area contributed by atoms with Crippen LogP contribution >= 0.6 is 0 Å². The minimum absolute atomic E-state index is 0.0222. The van der Waals surface area contributed by atoms with Crippen molar-refractivity contribution in [3.63, 3.8) is 0 Å². The zero-order valence-corrected chi connectivity index (χ0v) is 13.9. The fourth-order valence-corrected chi connectivity index (χ4v) is 5.64. The molecule has 126 valence electrons. The fourth-order valence-electron chi connectivity index (χ4n) is 3.57. The summed E-state index contributed by atoms with van der Waals surface area (Å²) in [6.07, 6.45) is 6.63. The number of morpholine rings is 1. The van der Waals surface area contributed by atoms with Crippen LogP contribution in [0.25, 0.3) is 0 Å². The molecule has 4 rings (SSSR count). The summed E-state index contributed by atoms with van der Waals surface area (Å²) >= 11 is 0. The summed E-state index contributed by atoms with van der Waals surface area (Å²) < 4.78 is 33.0. The van der Waals surface area contributed by atoms with Crippen molar-refractivity contribution < 1.29 is 13.2 Å². The predicted molar refractivity (Wildman–Crippen MR) is 85.7 cm³/mol. The Labute approximate surface area is 136 Å². The van der Waals surface area contributed by atoms with Crippen molar-refractivity contribution in [1.82, 2.24) is 14.3 Å². The lowest BCUT2D eigenvalue weighted by Crippen LogP contribution is -2.54. The number of ether oxygens (including phenoxy) is 1. The minimum Gasteiger partial charge on any atom is -0.375 e. The topological polar surface area (TPSA) is 75.6 Å². The van der Waals surface area contributed by atoms with Crippen LogP contribution in [0.5, 0.6) is 0 Å². The van der Waals surface area contributed by atoms with Gasteiger partial charge < -0.3 is 9.64 Å². The van der Waals surface area contributed by atoms with Crippen LogP contribution in [-0.4, -0.2) is 66.3 Å². The average molecular weight is 338 g/mol. The van der Waals surface area contributed by atoms with Gasteiger partial charge in [-0.25, -0.2) is 18.4 Å². The maximum Gasteiger partial charge on any atom is 0.225 e. The lowest BCUT2D eigenvalue weighted by Gasteiger charge is -2.39. The van der Waals surface area contributed by atoms with Gasteiger partial charge in [0.1, 0.15) is 0 Å². The highest BCUT2D eigenvalue weighted by molar-refractivity contribution is 7.90. The lowest BCUT2D eigenvalue weighted by atomic mass is 10.0. The third-order valence-corrected chi connectivity index (χ3v) is 7.35. The van der Waals surface area contributed by atoms with Crippen molar-refractivity contribution in [3.8, 4) is 0 Å². The molecule has 0 aromatic carbocycles. The van der Waals surface area contributed by atoms with Crippen molar-refractivity contribution in [1.29, 1.82) is 0 Å². The Hall–Kier alpha value is -1.25. The molecule has 0 radical (unpaired) electrons. The maximum absolute atomic E-state index is 12.7. The van der Waals surface area contributed by atoms with Gasteiger partial charge in [0.15, 0.2) is 0 Å². The van der Waals surface area contributed by atoms with Crippen LogP contribution < -0.4 is 4.90 Å². The molecule has 1 aliphatic carbocycles. The molecule has 3 aliphatic rings. The molecule has 8 heteroatoms. The summed E-state index contributed by atoms with van der Waals surface area (Å²) in [5.41, 5.74) is 0. The molecule has 7 nitrogen and oxygen atoms in total. The predicted octanol–water partition coefficient (Wildman–Crippen LogP) is 0.638. The van der Waals surface area contributed by atoms with Gasteiger partial charge >= 0.3 is 0 Å². The number of nitrogens with zero attached hydrogens (tertiary/aromatic N) is 4. The first-order chi connectivity index (χ1) is 11.2. The summed E-state index contributed by atoms with van der Waals surface area (Å²) in [4.78, 5) is 10.7. The van der Waals surface area contributed by atoms with Crippen LogP contribution in [0.2, 0.25) is 0 Å². The molecule has 0 unspecified atom stereocenters. The second-order valence-corrected chi connectivity index (χ2v) is 8.61. The largest absolute Gasteiger partial charge is 0.375 e. The van der Waals surface area contributed by atoms with Gasteiger partial charge in [-0.05, 0) is 31.7 Å². The Morgan fingerprint density at radius 2 is 1.78 bits per heavy atom. The Morgan fingerprint density at radius 3 is 2.52 bits per heavy atom. The first kappa shape index (κ1) is 15.3. The van der Waals surface area contributed by atoms with Crippen LogP contribution in [0.15, 0.2) is 18.5 Å². The molecule has 1 aromatic rings. The van der Waals surface area contributed by atoms with E-state index in [1.807, 2.05) is 0 Å². The van der Waals surface area contributed by atoms with E-state index in [9.17, 15) is 8.42 Å². The number of anilines is 1. The van der Waals surface area contributed by atoms with Gasteiger partial charge in [0, 0.05) is 32.0 Å². The van der Waals surface area contributed by atoms with Crippen LogP contribution in [0.4, 0.5) is 5.95 Å². The lowest BCUT2D eigenvalue weighted by molar-refractivity contribution is -0.0406. The average Bonchev–Trinajstić information content (AvgIpc) is 3.42. The summed E-state index contributed by atoms with van der Waals surface area (Å²) in [6, 6.07) is 1.75. The highest BCUT2D eigenvalue weighted by atomic mass is 32.2. The first-order valence-corrected chi connectivity index (χ1v) is 9.81. The van der Waals surface area contributed by atoms with Gasteiger partial charge in [0.25, 0.3) is 0 Å². The van der Waals surface area contributed by atoms with E-state index in [1.165, 1.54) is 0 Å². The number of rotatable bonds is 3. The van der Waals surface area contributed by atoms with Crippen LogP contribution in [0.3, 0.4) is 0 Å². The Balaban J connectivity index is 1.53. The van der Waals surface area contributed by atoms with E-state index in [2.05, 4.69) is 14.9 Å². The molecule has 0 spiro atoms. The van der Waals surface area contributed by atoms with Gasteiger partial charge in [0.05, 0.1) is 24.0 Å². The number of hydrogen-bond donors (Lipinski definition) is 0. The Morgan fingerprint density at radius 1 is 1.04 bits per heavy atom. The van der Waals surface area contributed by atoms with E-state index in [1.54, 1.807) is 22.8 Å². The Kier molecular flexibility index (Phi) is 3.98. The second-order valence-electron chi connectivity index (χ2n) is 6.44. The molecule has 23 heavy (non-hydrogen) atoms. The summed E-state index contributed by atoms with van der Waals surface area (Å²) in [7, 11) is -3.15. The molecule has 2 saturated heterocycles. The maximum atomic E-state index is 12.7.